The van der Waals surface area contributed by atoms with E-state index in [1.165, 1.54) is 31.3 Å². The summed E-state index contributed by atoms with van der Waals surface area (Å²) < 4.78 is 0. The van der Waals surface area contributed by atoms with E-state index in [1.807, 2.05) is 13.0 Å². The highest BCUT2D eigenvalue weighted by molar-refractivity contribution is 5.91. The fourth-order valence-corrected chi connectivity index (χ4v) is 8.67. The minimum absolute atomic E-state index is 0.155. The van der Waals surface area contributed by atoms with Crippen LogP contribution in [0.3, 0.4) is 0 Å². The van der Waals surface area contributed by atoms with Crippen molar-refractivity contribution >= 4 is 5.78 Å². The normalized spacial score (nSPS) is 56.5. The van der Waals surface area contributed by atoms with Crippen LogP contribution in [0.25, 0.3) is 0 Å². The van der Waals surface area contributed by atoms with E-state index in [0.29, 0.717) is 34.4 Å². The van der Waals surface area contributed by atoms with Crippen molar-refractivity contribution in [1.82, 2.24) is 0 Å². The highest BCUT2D eigenvalue weighted by atomic mass is 16.3. The molecule has 0 radical (unpaired) electrons. The molecule has 0 aliphatic heterocycles. The van der Waals surface area contributed by atoms with Crippen molar-refractivity contribution in [3.8, 4) is 0 Å². The van der Waals surface area contributed by atoms with Crippen LogP contribution in [0.5, 0.6) is 0 Å². The second-order valence-electron chi connectivity index (χ2n) is 10.2. The molecule has 4 fully saturated rings. The second-order valence-corrected chi connectivity index (χ2v) is 10.2. The van der Waals surface area contributed by atoms with Crippen molar-refractivity contribution in [1.29, 1.82) is 0 Å². The molecule has 4 saturated carbocycles. The molecule has 0 saturated heterocycles. The van der Waals surface area contributed by atoms with Gasteiger partial charge in [0.1, 0.15) is 0 Å². The molecule has 5 rings (SSSR count). The molecule has 0 aromatic heterocycles. The first-order valence-corrected chi connectivity index (χ1v) is 10.3. The zero-order valence-electron chi connectivity index (χ0n) is 15.4. The average molecular weight is 328 g/mol. The molecule has 0 amide bonds. The average Bonchev–Trinajstić information content (AvgIpc) is 3.16. The summed E-state index contributed by atoms with van der Waals surface area (Å²) in [5, 5.41) is 10.4. The van der Waals surface area contributed by atoms with E-state index in [2.05, 4.69) is 13.8 Å². The van der Waals surface area contributed by atoms with E-state index >= 15 is 0 Å². The van der Waals surface area contributed by atoms with Gasteiger partial charge in [0.2, 0.25) is 0 Å². The monoisotopic (exact) mass is 328 g/mol. The first kappa shape index (κ1) is 15.6. The number of fused-ring (bicyclic) bond motifs is 3. The van der Waals surface area contributed by atoms with Gasteiger partial charge in [-0.2, -0.15) is 0 Å². The van der Waals surface area contributed by atoms with Crippen LogP contribution in [-0.4, -0.2) is 17.0 Å². The Morgan fingerprint density at radius 1 is 1.33 bits per heavy atom. The third-order valence-electron chi connectivity index (χ3n) is 9.42. The maximum Gasteiger partial charge on any atom is 0.155 e. The van der Waals surface area contributed by atoms with Gasteiger partial charge >= 0.3 is 0 Å². The lowest BCUT2D eigenvalue weighted by atomic mass is 9.46. The van der Waals surface area contributed by atoms with Gasteiger partial charge in [0.15, 0.2) is 5.78 Å². The van der Waals surface area contributed by atoms with Crippen LogP contribution in [0.2, 0.25) is 0 Å². The minimum Gasteiger partial charge on any atom is -0.393 e. The van der Waals surface area contributed by atoms with Crippen LogP contribution < -0.4 is 0 Å². The molecule has 1 spiro atoms. The van der Waals surface area contributed by atoms with Crippen molar-refractivity contribution in [2.75, 3.05) is 0 Å². The van der Waals surface area contributed by atoms with Crippen LogP contribution >= 0.6 is 0 Å². The lowest BCUT2D eigenvalue weighted by Crippen LogP contribution is -2.53. The topological polar surface area (TPSA) is 37.3 Å². The molecule has 0 aromatic rings. The highest BCUT2D eigenvalue weighted by Gasteiger charge is 2.78. The molecule has 132 valence electrons. The van der Waals surface area contributed by atoms with Gasteiger partial charge in [-0.3, -0.25) is 4.79 Å². The van der Waals surface area contributed by atoms with Crippen LogP contribution in [0, 0.1) is 46.3 Å². The number of carbonyl (C=O) groups excluding carboxylic acids is 1. The maximum atomic E-state index is 11.9. The summed E-state index contributed by atoms with van der Waals surface area (Å²) in [6, 6.07) is 0. The molecule has 9 atom stereocenters. The van der Waals surface area contributed by atoms with Gasteiger partial charge in [-0.15, -0.1) is 0 Å². The predicted molar refractivity (Wildman–Crippen MR) is 94.2 cm³/mol. The van der Waals surface area contributed by atoms with E-state index in [4.69, 9.17) is 0 Å². The summed E-state index contributed by atoms with van der Waals surface area (Å²) in [5.41, 5.74) is 2.36. The van der Waals surface area contributed by atoms with E-state index in [9.17, 15) is 9.90 Å². The molecule has 2 nitrogen and oxygen atoms in total. The first-order chi connectivity index (χ1) is 11.4. The fraction of sp³-hybridized carbons (Fsp3) is 0.864. The predicted octanol–water partition coefficient (Wildman–Crippen LogP) is 4.37. The molecular formula is C22H32O2. The lowest BCUT2D eigenvalue weighted by Gasteiger charge is -2.58. The SMILES string of the molecule is C[C@H](O)[C@@H]1C[C@H]2C[C@]23[C@H]2[C@H](CC[C@]13C)[C@H]1CCC(=O)C=C1C[C@H]2C. The van der Waals surface area contributed by atoms with Crippen LogP contribution in [-0.2, 0) is 4.79 Å². The van der Waals surface area contributed by atoms with Gasteiger partial charge in [0, 0.05) is 6.42 Å². The molecule has 0 bridgehead atoms. The van der Waals surface area contributed by atoms with Gasteiger partial charge in [-0.1, -0.05) is 19.4 Å². The third kappa shape index (κ3) is 1.69. The zero-order valence-corrected chi connectivity index (χ0v) is 15.4. The fourth-order valence-electron chi connectivity index (χ4n) is 8.67. The summed E-state index contributed by atoms with van der Waals surface area (Å²) in [6.45, 7) is 7.01. The summed E-state index contributed by atoms with van der Waals surface area (Å²) in [6.07, 6.45) is 10.2. The Bertz CT molecular complexity index is 619. The molecule has 0 unspecified atom stereocenters. The van der Waals surface area contributed by atoms with Crippen molar-refractivity contribution in [2.24, 2.45) is 46.3 Å². The highest BCUT2D eigenvalue weighted by Crippen LogP contribution is 2.84. The molecule has 5 aliphatic carbocycles. The lowest BCUT2D eigenvalue weighted by molar-refractivity contribution is -0.118. The molecule has 24 heavy (non-hydrogen) atoms. The molecule has 5 aliphatic rings. The number of hydrogen-bond acceptors (Lipinski definition) is 2. The smallest absolute Gasteiger partial charge is 0.155 e. The van der Waals surface area contributed by atoms with E-state index in [0.717, 1.165) is 37.0 Å². The number of aliphatic hydroxyl groups excluding tert-OH is 1. The number of allylic oxidation sites excluding steroid dienone is 1. The summed E-state index contributed by atoms with van der Waals surface area (Å²) in [4.78, 5) is 11.9. The number of ketones is 1. The van der Waals surface area contributed by atoms with Crippen molar-refractivity contribution in [3.63, 3.8) is 0 Å². The Balaban J connectivity index is 1.54. The number of hydrogen-bond donors (Lipinski definition) is 1. The summed E-state index contributed by atoms with van der Waals surface area (Å²) in [5.74, 6) is 4.78. The molecule has 1 N–H and O–H groups in total. The largest absolute Gasteiger partial charge is 0.393 e. The van der Waals surface area contributed by atoms with Crippen LogP contribution in [0.15, 0.2) is 11.6 Å². The third-order valence-corrected chi connectivity index (χ3v) is 9.42. The number of carbonyl (C=O) groups is 1. The quantitative estimate of drug-likeness (QED) is 0.776. The van der Waals surface area contributed by atoms with Crippen molar-refractivity contribution < 1.29 is 9.90 Å². The van der Waals surface area contributed by atoms with Crippen LogP contribution in [0.1, 0.15) is 65.7 Å². The van der Waals surface area contributed by atoms with Gasteiger partial charge in [-0.05, 0) is 97.9 Å². The molecule has 2 heteroatoms. The number of rotatable bonds is 1. The minimum atomic E-state index is -0.155. The van der Waals surface area contributed by atoms with Gasteiger partial charge < -0.3 is 5.11 Å². The summed E-state index contributed by atoms with van der Waals surface area (Å²) >= 11 is 0. The number of aliphatic hydroxyl groups is 1. The van der Waals surface area contributed by atoms with Crippen molar-refractivity contribution in [2.45, 2.75) is 71.8 Å². The Kier molecular flexibility index (Phi) is 3.09. The van der Waals surface area contributed by atoms with Crippen LogP contribution in [0.4, 0.5) is 0 Å². The Morgan fingerprint density at radius 3 is 2.88 bits per heavy atom. The standard InChI is InChI=1S/C22H32O2/c1-12-8-14-9-16(24)4-5-17(14)18-6-7-21(3)19(13(2)23)10-15-11-22(15,21)20(12)18/h9,12-13,15,17-20,23H,4-8,10-11H2,1-3H3/t12-,13+,15+,17+,18-,19+,20-,21-,22-/m1/s1. The Labute approximate surface area is 146 Å². The zero-order chi connectivity index (χ0) is 16.9. The van der Waals surface area contributed by atoms with Gasteiger partial charge in [-0.25, -0.2) is 0 Å². The molecule has 0 heterocycles. The Hall–Kier alpha value is -0.630. The van der Waals surface area contributed by atoms with Crippen molar-refractivity contribution in [3.05, 3.63) is 11.6 Å². The van der Waals surface area contributed by atoms with Gasteiger partial charge in [0.05, 0.1) is 6.10 Å². The Morgan fingerprint density at radius 2 is 2.12 bits per heavy atom. The first-order valence-electron chi connectivity index (χ1n) is 10.3. The van der Waals surface area contributed by atoms with E-state index in [-0.39, 0.29) is 6.10 Å². The van der Waals surface area contributed by atoms with Gasteiger partial charge in [0.25, 0.3) is 0 Å². The second kappa shape index (κ2) is 4.75. The van der Waals surface area contributed by atoms with E-state index < -0.39 is 0 Å². The maximum absolute atomic E-state index is 11.9. The summed E-state index contributed by atoms with van der Waals surface area (Å²) in [7, 11) is 0. The molecular weight excluding hydrogens is 296 g/mol. The molecule has 0 aromatic carbocycles. The van der Waals surface area contributed by atoms with E-state index in [1.54, 1.807) is 0 Å².